The Kier molecular flexibility index (Phi) is 3.22. The molecule has 1 aromatic heterocycles. The van der Waals surface area contributed by atoms with Gasteiger partial charge >= 0.3 is 0 Å². The summed E-state index contributed by atoms with van der Waals surface area (Å²) in [6.07, 6.45) is 4.03. The molecule has 0 aliphatic heterocycles. The Balaban J connectivity index is 1.84. The van der Waals surface area contributed by atoms with Crippen molar-refractivity contribution in [2.45, 2.75) is 39.0 Å². The van der Waals surface area contributed by atoms with E-state index in [1.165, 1.54) is 46.9 Å². The lowest BCUT2D eigenvalue weighted by Gasteiger charge is -2.27. The Hall–Kier alpha value is -2.15. The Morgan fingerprint density at radius 3 is 2.36 bits per heavy atom. The highest BCUT2D eigenvalue weighted by atomic mass is 14.7. The van der Waals surface area contributed by atoms with Gasteiger partial charge in [0.2, 0.25) is 0 Å². The van der Waals surface area contributed by atoms with Crippen LogP contribution in [0.25, 0.3) is 22.2 Å². The normalized spacial score (nSPS) is 15.0. The van der Waals surface area contributed by atoms with Gasteiger partial charge in [-0.2, -0.15) is 0 Å². The largest absolute Gasteiger partial charge is 0.248 e. The fraction of sp³-hybridized carbons (Fsp3) is 0.286. The Bertz CT molecular complexity index is 823. The van der Waals surface area contributed by atoms with E-state index in [1.807, 2.05) is 0 Å². The van der Waals surface area contributed by atoms with Crippen LogP contribution in [-0.4, -0.2) is 4.98 Å². The number of benzene rings is 2. The maximum Gasteiger partial charge on any atom is 0.0712 e. The minimum Gasteiger partial charge on any atom is -0.248 e. The molecule has 3 aromatic rings. The first-order chi connectivity index (χ1) is 10.7. The molecule has 0 N–H and O–H groups in total. The summed E-state index contributed by atoms with van der Waals surface area (Å²) >= 11 is 0. The first-order valence-electron chi connectivity index (χ1n) is 8.19. The minimum atomic E-state index is 0.748. The summed E-state index contributed by atoms with van der Waals surface area (Å²) in [5.41, 5.74) is 7.49. The molecule has 1 saturated carbocycles. The summed E-state index contributed by atoms with van der Waals surface area (Å²) in [5, 5.41) is 1.33. The number of hydrogen-bond acceptors (Lipinski definition) is 1. The molecule has 0 atom stereocenters. The second-order valence-corrected chi connectivity index (χ2v) is 6.61. The van der Waals surface area contributed by atoms with E-state index >= 15 is 0 Å². The van der Waals surface area contributed by atoms with E-state index in [1.54, 1.807) is 0 Å². The Morgan fingerprint density at radius 1 is 0.909 bits per heavy atom. The molecule has 0 saturated heterocycles. The predicted octanol–water partition coefficient (Wildman–Crippen LogP) is 5.79. The van der Waals surface area contributed by atoms with Gasteiger partial charge in [0, 0.05) is 10.9 Å². The molecule has 0 spiro atoms. The molecule has 0 bridgehead atoms. The van der Waals surface area contributed by atoms with Gasteiger partial charge < -0.3 is 0 Å². The van der Waals surface area contributed by atoms with Crippen LogP contribution in [0.3, 0.4) is 0 Å². The SMILES string of the molecule is Cc1cc(C)cc(-c2ccc3c(C4CCC4)cccc3n2)c1. The number of aryl methyl sites for hydroxylation is 2. The van der Waals surface area contributed by atoms with E-state index in [0.29, 0.717) is 0 Å². The summed E-state index contributed by atoms with van der Waals surface area (Å²) in [7, 11) is 0. The van der Waals surface area contributed by atoms with Gasteiger partial charge in [0.1, 0.15) is 0 Å². The first kappa shape index (κ1) is 13.5. The highest BCUT2D eigenvalue weighted by Crippen LogP contribution is 2.39. The molecule has 1 aliphatic carbocycles. The topological polar surface area (TPSA) is 12.9 Å². The third-order valence-electron chi connectivity index (χ3n) is 4.83. The lowest BCUT2D eigenvalue weighted by atomic mass is 9.78. The van der Waals surface area contributed by atoms with Crippen LogP contribution in [0.2, 0.25) is 0 Å². The van der Waals surface area contributed by atoms with E-state index in [4.69, 9.17) is 4.98 Å². The highest BCUT2D eigenvalue weighted by Gasteiger charge is 2.21. The molecule has 2 aromatic carbocycles. The van der Waals surface area contributed by atoms with E-state index in [2.05, 4.69) is 62.4 Å². The maximum absolute atomic E-state index is 4.93. The smallest absolute Gasteiger partial charge is 0.0712 e. The number of aromatic nitrogens is 1. The standard InChI is InChI=1S/C21H21N/c1-14-11-15(2)13-17(12-14)20-10-9-19-18(16-5-3-6-16)7-4-8-21(19)22-20/h4,7-13,16H,3,5-6H2,1-2H3. The number of nitrogens with zero attached hydrogens (tertiary/aromatic N) is 1. The molecule has 0 amide bonds. The second kappa shape index (κ2) is 5.24. The van der Waals surface area contributed by atoms with Crippen LogP contribution in [-0.2, 0) is 0 Å². The molecular weight excluding hydrogens is 266 g/mol. The van der Waals surface area contributed by atoms with Gasteiger partial charge in [-0.25, -0.2) is 4.98 Å². The fourth-order valence-electron chi connectivity index (χ4n) is 3.54. The third-order valence-corrected chi connectivity index (χ3v) is 4.83. The number of pyridine rings is 1. The zero-order valence-electron chi connectivity index (χ0n) is 13.3. The van der Waals surface area contributed by atoms with Crippen LogP contribution in [0.15, 0.2) is 48.5 Å². The average Bonchev–Trinajstić information content (AvgIpc) is 2.44. The van der Waals surface area contributed by atoms with Crippen molar-refractivity contribution in [2.75, 3.05) is 0 Å². The van der Waals surface area contributed by atoms with Crippen molar-refractivity contribution in [3.05, 3.63) is 65.2 Å². The van der Waals surface area contributed by atoms with Crippen molar-refractivity contribution in [2.24, 2.45) is 0 Å². The molecule has 1 heterocycles. The van der Waals surface area contributed by atoms with Crippen molar-refractivity contribution in [3.8, 4) is 11.3 Å². The van der Waals surface area contributed by atoms with Crippen molar-refractivity contribution in [3.63, 3.8) is 0 Å². The van der Waals surface area contributed by atoms with Crippen LogP contribution in [0, 0.1) is 13.8 Å². The monoisotopic (exact) mass is 287 g/mol. The van der Waals surface area contributed by atoms with Gasteiger partial charge in [-0.15, -0.1) is 0 Å². The van der Waals surface area contributed by atoms with Crippen molar-refractivity contribution in [1.29, 1.82) is 0 Å². The van der Waals surface area contributed by atoms with E-state index < -0.39 is 0 Å². The van der Waals surface area contributed by atoms with E-state index in [0.717, 1.165) is 17.1 Å². The molecule has 0 unspecified atom stereocenters. The average molecular weight is 287 g/mol. The zero-order valence-corrected chi connectivity index (χ0v) is 13.3. The van der Waals surface area contributed by atoms with Crippen LogP contribution >= 0.6 is 0 Å². The molecule has 1 heteroatoms. The van der Waals surface area contributed by atoms with Crippen LogP contribution in [0.1, 0.15) is 41.9 Å². The van der Waals surface area contributed by atoms with Gasteiger partial charge in [-0.05, 0) is 62.4 Å². The summed E-state index contributed by atoms with van der Waals surface area (Å²) in [6, 6.07) is 17.7. The molecule has 4 rings (SSSR count). The fourth-order valence-corrected chi connectivity index (χ4v) is 3.54. The summed E-state index contributed by atoms with van der Waals surface area (Å²) < 4.78 is 0. The lowest BCUT2D eigenvalue weighted by molar-refractivity contribution is 0.422. The predicted molar refractivity (Wildman–Crippen MR) is 93.2 cm³/mol. The Labute approximate surface area is 132 Å². The zero-order chi connectivity index (χ0) is 15.1. The molecule has 1 aliphatic rings. The Morgan fingerprint density at radius 2 is 1.68 bits per heavy atom. The van der Waals surface area contributed by atoms with Gasteiger partial charge in [0.05, 0.1) is 11.2 Å². The third kappa shape index (κ3) is 2.31. The van der Waals surface area contributed by atoms with Crippen LogP contribution < -0.4 is 0 Å². The summed E-state index contributed by atoms with van der Waals surface area (Å²) in [5.74, 6) is 0.748. The van der Waals surface area contributed by atoms with Crippen LogP contribution in [0.4, 0.5) is 0 Å². The van der Waals surface area contributed by atoms with Gasteiger partial charge in [0.15, 0.2) is 0 Å². The van der Waals surface area contributed by atoms with Crippen molar-refractivity contribution in [1.82, 2.24) is 4.98 Å². The number of rotatable bonds is 2. The molecular formula is C21H21N. The van der Waals surface area contributed by atoms with Crippen molar-refractivity contribution >= 4 is 10.9 Å². The number of hydrogen-bond donors (Lipinski definition) is 0. The van der Waals surface area contributed by atoms with Crippen molar-refractivity contribution < 1.29 is 0 Å². The molecule has 1 fully saturated rings. The van der Waals surface area contributed by atoms with Gasteiger partial charge in [-0.3, -0.25) is 0 Å². The van der Waals surface area contributed by atoms with E-state index in [9.17, 15) is 0 Å². The first-order valence-corrected chi connectivity index (χ1v) is 8.19. The second-order valence-electron chi connectivity index (χ2n) is 6.61. The summed E-state index contributed by atoms with van der Waals surface area (Å²) in [6.45, 7) is 4.29. The highest BCUT2D eigenvalue weighted by molar-refractivity contribution is 5.85. The molecule has 22 heavy (non-hydrogen) atoms. The number of fused-ring (bicyclic) bond motifs is 1. The van der Waals surface area contributed by atoms with Crippen LogP contribution in [0.5, 0.6) is 0 Å². The lowest BCUT2D eigenvalue weighted by Crippen LogP contribution is -2.09. The minimum absolute atomic E-state index is 0.748. The molecule has 0 radical (unpaired) electrons. The quantitative estimate of drug-likeness (QED) is 0.581. The van der Waals surface area contributed by atoms with E-state index in [-0.39, 0.29) is 0 Å². The molecule has 110 valence electrons. The van der Waals surface area contributed by atoms with Gasteiger partial charge in [0.25, 0.3) is 0 Å². The molecule has 1 nitrogen and oxygen atoms in total. The van der Waals surface area contributed by atoms with Gasteiger partial charge in [-0.1, -0.05) is 41.8 Å². The summed E-state index contributed by atoms with van der Waals surface area (Å²) in [4.78, 5) is 4.93. The maximum atomic E-state index is 4.93.